The minimum absolute atomic E-state index is 0.193. The van der Waals surface area contributed by atoms with Crippen LogP contribution in [-0.2, 0) is 4.74 Å². The van der Waals surface area contributed by atoms with Crippen molar-refractivity contribution in [2.24, 2.45) is 5.92 Å². The number of rotatable bonds is 4. The number of alkyl halides is 2. The molecular formula is C9H17F2NO. The Labute approximate surface area is 77.9 Å². The molecule has 2 nitrogen and oxygen atoms in total. The molecule has 1 aliphatic rings. The summed E-state index contributed by atoms with van der Waals surface area (Å²) < 4.78 is 27.8. The van der Waals surface area contributed by atoms with Gasteiger partial charge in [0, 0.05) is 12.6 Å². The summed E-state index contributed by atoms with van der Waals surface area (Å²) in [5, 5.41) is 0. The second kappa shape index (κ2) is 4.86. The molecular weight excluding hydrogens is 176 g/mol. The van der Waals surface area contributed by atoms with E-state index in [0.717, 1.165) is 19.5 Å². The van der Waals surface area contributed by atoms with E-state index in [4.69, 9.17) is 0 Å². The van der Waals surface area contributed by atoms with E-state index in [0.29, 0.717) is 6.04 Å². The molecule has 1 rings (SSSR count). The molecule has 78 valence electrons. The first kappa shape index (κ1) is 10.9. The van der Waals surface area contributed by atoms with Gasteiger partial charge in [0.25, 0.3) is 0 Å². The van der Waals surface area contributed by atoms with Crippen LogP contribution >= 0.6 is 0 Å². The van der Waals surface area contributed by atoms with E-state index >= 15 is 0 Å². The first-order valence-electron chi connectivity index (χ1n) is 4.77. The number of halogens is 2. The molecule has 0 radical (unpaired) electrons. The third-order valence-electron chi connectivity index (χ3n) is 2.65. The zero-order chi connectivity index (χ0) is 9.84. The monoisotopic (exact) mass is 193 g/mol. The Balaban J connectivity index is 2.23. The lowest BCUT2D eigenvalue weighted by atomic mass is 10.1. The summed E-state index contributed by atoms with van der Waals surface area (Å²) in [4.78, 5) is 2.29. The number of hydrogen-bond acceptors (Lipinski definition) is 2. The lowest BCUT2D eigenvalue weighted by Gasteiger charge is -2.17. The van der Waals surface area contributed by atoms with E-state index in [-0.39, 0.29) is 12.5 Å². The number of likely N-dealkylation sites (tertiary alicyclic amines) is 1. The predicted octanol–water partition coefficient (Wildman–Crippen LogP) is 1.96. The Kier molecular flexibility index (Phi) is 4.06. The molecule has 0 aromatic heterocycles. The van der Waals surface area contributed by atoms with Crippen molar-refractivity contribution in [1.82, 2.24) is 4.90 Å². The minimum atomic E-state index is -2.62. The van der Waals surface area contributed by atoms with Gasteiger partial charge in [-0.05, 0) is 25.8 Å². The van der Waals surface area contributed by atoms with Gasteiger partial charge in [0.05, 0.1) is 6.61 Å². The van der Waals surface area contributed by atoms with E-state index in [1.807, 2.05) is 0 Å². The Morgan fingerprint density at radius 3 is 2.69 bits per heavy atom. The van der Waals surface area contributed by atoms with Gasteiger partial charge in [-0.3, -0.25) is 0 Å². The van der Waals surface area contributed by atoms with E-state index < -0.39 is 6.61 Å². The third kappa shape index (κ3) is 3.19. The Morgan fingerprint density at radius 1 is 1.54 bits per heavy atom. The van der Waals surface area contributed by atoms with Crippen molar-refractivity contribution in [2.45, 2.75) is 32.9 Å². The van der Waals surface area contributed by atoms with E-state index in [1.54, 1.807) is 0 Å². The molecule has 4 heteroatoms. The maximum absolute atomic E-state index is 11.7. The lowest BCUT2D eigenvalue weighted by Crippen LogP contribution is -2.27. The van der Waals surface area contributed by atoms with Crippen molar-refractivity contribution in [1.29, 1.82) is 0 Å². The summed E-state index contributed by atoms with van der Waals surface area (Å²) in [5.74, 6) is 0.281. The first-order chi connectivity index (χ1) is 6.13. The smallest absolute Gasteiger partial charge is 0.323 e. The van der Waals surface area contributed by atoms with Crippen molar-refractivity contribution < 1.29 is 13.5 Å². The summed E-state index contributed by atoms with van der Waals surface area (Å²) in [5.41, 5.74) is 0. The average Bonchev–Trinajstić information content (AvgIpc) is 2.43. The van der Waals surface area contributed by atoms with Crippen LogP contribution < -0.4 is 0 Å². The van der Waals surface area contributed by atoms with Crippen molar-refractivity contribution >= 4 is 0 Å². The molecule has 0 N–H and O–H groups in total. The SMILES string of the molecule is CCN1CC(COC(F)F)CC1C. The second-order valence-electron chi connectivity index (χ2n) is 3.63. The molecule has 2 atom stereocenters. The molecule has 0 aromatic rings. The zero-order valence-electron chi connectivity index (χ0n) is 8.17. The lowest BCUT2D eigenvalue weighted by molar-refractivity contribution is -0.137. The molecule has 2 unspecified atom stereocenters. The summed E-state index contributed by atoms with van der Waals surface area (Å²) >= 11 is 0. The van der Waals surface area contributed by atoms with Gasteiger partial charge in [0.15, 0.2) is 0 Å². The summed E-state index contributed by atoms with van der Waals surface area (Å²) in [7, 11) is 0. The van der Waals surface area contributed by atoms with Crippen molar-refractivity contribution in [3.05, 3.63) is 0 Å². The fourth-order valence-electron chi connectivity index (χ4n) is 1.99. The van der Waals surface area contributed by atoms with Gasteiger partial charge in [0.2, 0.25) is 0 Å². The molecule has 0 aromatic carbocycles. The third-order valence-corrected chi connectivity index (χ3v) is 2.65. The highest BCUT2D eigenvalue weighted by Crippen LogP contribution is 2.23. The van der Waals surface area contributed by atoms with Crippen LogP contribution in [0.4, 0.5) is 8.78 Å². The normalized spacial score (nSPS) is 30.2. The topological polar surface area (TPSA) is 12.5 Å². The Hall–Kier alpha value is -0.220. The molecule has 0 saturated carbocycles. The molecule has 0 aliphatic carbocycles. The summed E-state index contributed by atoms with van der Waals surface area (Å²) in [6.45, 7) is 3.68. The quantitative estimate of drug-likeness (QED) is 0.676. The summed E-state index contributed by atoms with van der Waals surface area (Å²) in [6.07, 6.45) is 0.973. The van der Waals surface area contributed by atoms with E-state index in [9.17, 15) is 8.78 Å². The summed E-state index contributed by atoms with van der Waals surface area (Å²) in [6, 6.07) is 0.510. The molecule has 1 heterocycles. The molecule has 1 fully saturated rings. The van der Waals surface area contributed by atoms with Gasteiger partial charge in [-0.15, -0.1) is 0 Å². The van der Waals surface area contributed by atoms with Gasteiger partial charge >= 0.3 is 6.61 Å². The van der Waals surface area contributed by atoms with E-state index in [1.165, 1.54) is 0 Å². The molecule has 0 bridgehead atoms. The van der Waals surface area contributed by atoms with E-state index in [2.05, 4.69) is 23.5 Å². The van der Waals surface area contributed by atoms with Crippen LogP contribution in [0, 0.1) is 5.92 Å². The number of nitrogens with zero attached hydrogens (tertiary/aromatic N) is 1. The maximum atomic E-state index is 11.7. The van der Waals surface area contributed by atoms with Gasteiger partial charge < -0.3 is 9.64 Å². The van der Waals surface area contributed by atoms with Crippen LogP contribution in [0.5, 0.6) is 0 Å². The number of hydrogen-bond donors (Lipinski definition) is 0. The highest BCUT2D eigenvalue weighted by atomic mass is 19.3. The Morgan fingerprint density at radius 2 is 2.23 bits per heavy atom. The fourth-order valence-corrected chi connectivity index (χ4v) is 1.99. The standard InChI is InChI=1S/C9H17F2NO/c1-3-12-5-8(4-7(12)2)6-13-9(10)11/h7-9H,3-6H2,1-2H3. The highest BCUT2D eigenvalue weighted by molar-refractivity contribution is 4.81. The van der Waals surface area contributed by atoms with Crippen LogP contribution in [0.3, 0.4) is 0 Å². The Bertz CT molecular complexity index is 155. The van der Waals surface area contributed by atoms with Gasteiger partial charge in [-0.25, -0.2) is 0 Å². The molecule has 0 amide bonds. The average molecular weight is 193 g/mol. The molecule has 1 aliphatic heterocycles. The van der Waals surface area contributed by atoms with Crippen LogP contribution in [-0.4, -0.2) is 37.2 Å². The van der Waals surface area contributed by atoms with Gasteiger partial charge in [-0.2, -0.15) is 8.78 Å². The zero-order valence-corrected chi connectivity index (χ0v) is 8.17. The largest absolute Gasteiger partial charge is 0.345 e. The molecule has 0 spiro atoms. The van der Waals surface area contributed by atoms with Crippen LogP contribution in [0.1, 0.15) is 20.3 Å². The van der Waals surface area contributed by atoms with Crippen molar-refractivity contribution in [2.75, 3.05) is 19.7 Å². The van der Waals surface area contributed by atoms with Crippen LogP contribution in [0.25, 0.3) is 0 Å². The highest BCUT2D eigenvalue weighted by Gasteiger charge is 2.28. The first-order valence-corrected chi connectivity index (χ1v) is 4.77. The fraction of sp³-hybridized carbons (Fsp3) is 1.00. The van der Waals surface area contributed by atoms with Crippen molar-refractivity contribution in [3.8, 4) is 0 Å². The molecule has 13 heavy (non-hydrogen) atoms. The molecule has 1 saturated heterocycles. The van der Waals surface area contributed by atoms with Gasteiger partial charge in [0.1, 0.15) is 0 Å². The van der Waals surface area contributed by atoms with Gasteiger partial charge in [-0.1, -0.05) is 6.92 Å². The number of ether oxygens (including phenoxy) is 1. The van der Waals surface area contributed by atoms with Crippen LogP contribution in [0.15, 0.2) is 0 Å². The maximum Gasteiger partial charge on any atom is 0.345 e. The second-order valence-corrected chi connectivity index (χ2v) is 3.63. The van der Waals surface area contributed by atoms with Crippen molar-refractivity contribution in [3.63, 3.8) is 0 Å². The van der Waals surface area contributed by atoms with Crippen LogP contribution in [0.2, 0.25) is 0 Å². The predicted molar refractivity (Wildman–Crippen MR) is 46.8 cm³/mol. The minimum Gasteiger partial charge on any atom is -0.323 e.